The molecule has 0 unspecified atom stereocenters. The van der Waals surface area contributed by atoms with Gasteiger partial charge in [-0.15, -0.1) is 0 Å². The topological polar surface area (TPSA) is 77.2 Å². The van der Waals surface area contributed by atoms with Crippen LogP contribution in [-0.2, 0) is 11.2 Å². The van der Waals surface area contributed by atoms with Crippen molar-refractivity contribution < 1.29 is 9.26 Å². The van der Waals surface area contributed by atoms with Crippen molar-refractivity contribution in [3.8, 4) is 0 Å². The van der Waals surface area contributed by atoms with E-state index in [2.05, 4.69) is 31.1 Å². The van der Waals surface area contributed by atoms with Gasteiger partial charge in [-0.3, -0.25) is 0 Å². The minimum atomic E-state index is 0.257. The van der Waals surface area contributed by atoms with E-state index in [0.717, 1.165) is 49.9 Å². The van der Waals surface area contributed by atoms with Gasteiger partial charge in [-0.1, -0.05) is 19.0 Å². The Labute approximate surface area is 136 Å². The predicted octanol–water partition coefficient (Wildman–Crippen LogP) is 2.17. The number of ether oxygens (including phenoxy) is 1. The standard InChI is InChI=1S/C16H23N5O2/c1-11(2)16-19-14(20-23-16)4-6-21(3)15-8-13(17-10-18-15)12-5-7-22-9-12/h8,10-12H,4-7,9H2,1-3H3/t12-/m0/s1. The monoisotopic (exact) mass is 317 g/mol. The lowest BCUT2D eigenvalue weighted by Crippen LogP contribution is -2.22. The first-order chi connectivity index (χ1) is 11.1. The van der Waals surface area contributed by atoms with Gasteiger partial charge in [-0.2, -0.15) is 4.98 Å². The second kappa shape index (κ2) is 7.04. The summed E-state index contributed by atoms with van der Waals surface area (Å²) in [6.07, 6.45) is 3.38. The van der Waals surface area contributed by atoms with Gasteiger partial charge in [0, 0.05) is 44.5 Å². The first-order valence-electron chi connectivity index (χ1n) is 8.06. The molecule has 1 aliphatic rings. The molecule has 3 rings (SSSR count). The van der Waals surface area contributed by atoms with Crippen molar-refractivity contribution in [2.45, 2.75) is 38.5 Å². The Morgan fingerprint density at radius 1 is 1.35 bits per heavy atom. The quantitative estimate of drug-likeness (QED) is 0.808. The molecule has 3 heterocycles. The molecule has 1 aliphatic heterocycles. The molecular formula is C16H23N5O2. The predicted molar refractivity (Wildman–Crippen MR) is 85.6 cm³/mol. The molecule has 0 aromatic carbocycles. The second-order valence-corrected chi connectivity index (χ2v) is 6.24. The van der Waals surface area contributed by atoms with Gasteiger partial charge >= 0.3 is 0 Å². The van der Waals surface area contributed by atoms with Gasteiger partial charge in [0.15, 0.2) is 5.82 Å². The fourth-order valence-electron chi connectivity index (χ4n) is 2.55. The molecule has 2 aromatic rings. The summed E-state index contributed by atoms with van der Waals surface area (Å²) in [5.41, 5.74) is 1.06. The van der Waals surface area contributed by atoms with Crippen LogP contribution in [0.5, 0.6) is 0 Å². The summed E-state index contributed by atoms with van der Waals surface area (Å²) in [5, 5.41) is 4.02. The van der Waals surface area contributed by atoms with Crippen LogP contribution in [0.2, 0.25) is 0 Å². The third kappa shape index (κ3) is 3.85. The van der Waals surface area contributed by atoms with E-state index in [1.54, 1.807) is 6.33 Å². The smallest absolute Gasteiger partial charge is 0.229 e. The summed E-state index contributed by atoms with van der Waals surface area (Å²) in [4.78, 5) is 15.2. The van der Waals surface area contributed by atoms with Crippen LogP contribution in [0.4, 0.5) is 5.82 Å². The molecule has 0 N–H and O–H groups in total. The molecule has 124 valence electrons. The number of hydrogen-bond acceptors (Lipinski definition) is 7. The van der Waals surface area contributed by atoms with Crippen LogP contribution in [0.25, 0.3) is 0 Å². The Bertz CT molecular complexity index is 637. The average molecular weight is 317 g/mol. The maximum Gasteiger partial charge on any atom is 0.229 e. The maximum absolute atomic E-state index is 5.44. The van der Waals surface area contributed by atoms with Gasteiger partial charge in [0.2, 0.25) is 5.89 Å². The van der Waals surface area contributed by atoms with Crippen LogP contribution < -0.4 is 4.90 Å². The Kier molecular flexibility index (Phi) is 4.85. The fraction of sp³-hybridized carbons (Fsp3) is 0.625. The summed E-state index contributed by atoms with van der Waals surface area (Å²) in [6.45, 7) is 6.42. The Balaban J connectivity index is 1.61. The molecule has 1 saturated heterocycles. The number of likely N-dealkylation sites (N-methyl/N-ethyl adjacent to an activating group) is 1. The molecule has 1 atom stereocenters. The number of anilines is 1. The normalized spacial score (nSPS) is 17.8. The lowest BCUT2D eigenvalue weighted by atomic mass is 10.0. The average Bonchev–Trinajstić information content (AvgIpc) is 3.24. The highest BCUT2D eigenvalue weighted by Gasteiger charge is 2.20. The van der Waals surface area contributed by atoms with E-state index < -0.39 is 0 Å². The van der Waals surface area contributed by atoms with Crippen molar-refractivity contribution in [1.29, 1.82) is 0 Å². The zero-order valence-corrected chi connectivity index (χ0v) is 13.9. The molecule has 0 spiro atoms. The van der Waals surface area contributed by atoms with Gasteiger partial charge in [-0.05, 0) is 6.42 Å². The summed E-state index contributed by atoms with van der Waals surface area (Å²) in [6, 6.07) is 2.05. The first-order valence-corrected chi connectivity index (χ1v) is 8.06. The van der Waals surface area contributed by atoms with E-state index >= 15 is 0 Å². The summed E-state index contributed by atoms with van der Waals surface area (Å²) >= 11 is 0. The van der Waals surface area contributed by atoms with Crippen molar-refractivity contribution in [3.05, 3.63) is 29.8 Å². The van der Waals surface area contributed by atoms with E-state index in [-0.39, 0.29) is 5.92 Å². The van der Waals surface area contributed by atoms with Crippen LogP contribution in [0.3, 0.4) is 0 Å². The van der Waals surface area contributed by atoms with Crippen molar-refractivity contribution >= 4 is 5.82 Å². The summed E-state index contributed by atoms with van der Waals surface area (Å²) in [5.74, 6) is 2.98. The molecule has 7 nitrogen and oxygen atoms in total. The van der Waals surface area contributed by atoms with Crippen molar-refractivity contribution in [2.24, 2.45) is 0 Å². The van der Waals surface area contributed by atoms with Crippen LogP contribution >= 0.6 is 0 Å². The molecule has 23 heavy (non-hydrogen) atoms. The molecule has 0 radical (unpaired) electrons. The summed E-state index contributed by atoms with van der Waals surface area (Å²) < 4.78 is 10.7. The van der Waals surface area contributed by atoms with Gasteiger partial charge < -0.3 is 14.2 Å². The highest BCUT2D eigenvalue weighted by molar-refractivity contribution is 5.38. The molecule has 1 fully saturated rings. The summed E-state index contributed by atoms with van der Waals surface area (Å²) in [7, 11) is 2.01. The third-order valence-electron chi connectivity index (χ3n) is 4.06. The van der Waals surface area contributed by atoms with Gasteiger partial charge in [0.1, 0.15) is 12.1 Å². The van der Waals surface area contributed by atoms with E-state index in [1.165, 1.54) is 0 Å². The van der Waals surface area contributed by atoms with E-state index in [9.17, 15) is 0 Å². The van der Waals surface area contributed by atoms with Crippen molar-refractivity contribution in [2.75, 3.05) is 31.7 Å². The lowest BCUT2D eigenvalue weighted by molar-refractivity contribution is 0.193. The van der Waals surface area contributed by atoms with Crippen LogP contribution in [-0.4, -0.2) is 46.9 Å². The molecule has 7 heteroatoms. The fourth-order valence-corrected chi connectivity index (χ4v) is 2.55. The van der Waals surface area contributed by atoms with Crippen LogP contribution in [0, 0.1) is 0 Å². The van der Waals surface area contributed by atoms with Crippen LogP contribution in [0.1, 0.15) is 49.5 Å². The zero-order chi connectivity index (χ0) is 16.2. The van der Waals surface area contributed by atoms with E-state index in [4.69, 9.17) is 9.26 Å². The van der Waals surface area contributed by atoms with Crippen molar-refractivity contribution in [1.82, 2.24) is 20.1 Å². The molecule has 0 saturated carbocycles. The third-order valence-corrected chi connectivity index (χ3v) is 4.06. The Morgan fingerprint density at radius 2 is 2.22 bits per heavy atom. The van der Waals surface area contributed by atoms with Crippen molar-refractivity contribution in [3.63, 3.8) is 0 Å². The number of nitrogens with zero attached hydrogens (tertiary/aromatic N) is 5. The zero-order valence-electron chi connectivity index (χ0n) is 13.9. The van der Waals surface area contributed by atoms with Gasteiger partial charge in [0.05, 0.1) is 12.3 Å². The maximum atomic E-state index is 5.44. The minimum Gasteiger partial charge on any atom is -0.381 e. The number of aromatic nitrogens is 4. The van der Waals surface area contributed by atoms with Gasteiger partial charge in [0.25, 0.3) is 0 Å². The number of hydrogen-bond donors (Lipinski definition) is 0. The van der Waals surface area contributed by atoms with Gasteiger partial charge in [-0.25, -0.2) is 9.97 Å². The molecule has 0 amide bonds. The molecular weight excluding hydrogens is 294 g/mol. The molecule has 0 aliphatic carbocycles. The second-order valence-electron chi connectivity index (χ2n) is 6.24. The SMILES string of the molecule is CC(C)c1nc(CCN(C)c2cc([C@H]3CCOC3)ncn2)no1. The first kappa shape index (κ1) is 15.9. The largest absolute Gasteiger partial charge is 0.381 e. The van der Waals surface area contributed by atoms with Crippen LogP contribution in [0.15, 0.2) is 16.9 Å². The molecule has 2 aromatic heterocycles. The Morgan fingerprint density at radius 3 is 2.91 bits per heavy atom. The minimum absolute atomic E-state index is 0.257. The Hall–Kier alpha value is -2.02. The lowest BCUT2D eigenvalue weighted by Gasteiger charge is -2.18. The van der Waals surface area contributed by atoms with E-state index in [0.29, 0.717) is 11.8 Å². The van der Waals surface area contributed by atoms with E-state index in [1.807, 2.05) is 20.9 Å². The highest BCUT2D eigenvalue weighted by atomic mass is 16.5. The highest BCUT2D eigenvalue weighted by Crippen LogP contribution is 2.25. The number of rotatable bonds is 6. The molecule has 0 bridgehead atoms.